The van der Waals surface area contributed by atoms with E-state index in [1.54, 1.807) is 7.11 Å². The molecular formula is C21H28O2. The SMILES string of the molecule is CC[C@H]1C[C@H]2[C@@H]3CCc4cc(OC)ccc4[C@H]3CC[C@]2(C)C1=O. The molecule has 2 saturated carbocycles. The van der Waals surface area contributed by atoms with Crippen LogP contribution in [0.5, 0.6) is 5.75 Å². The summed E-state index contributed by atoms with van der Waals surface area (Å²) in [5, 5.41) is 0. The van der Waals surface area contributed by atoms with Gasteiger partial charge in [-0.3, -0.25) is 4.79 Å². The van der Waals surface area contributed by atoms with Gasteiger partial charge < -0.3 is 4.74 Å². The Morgan fingerprint density at radius 2 is 2.13 bits per heavy atom. The van der Waals surface area contributed by atoms with E-state index in [0.717, 1.165) is 31.4 Å². The zero-order chi connectivity index (χ0) is 16.2. The Balaban J connectivity index is 1.68. The Bertz CT molecular complexity index is 635. The highest BCUT2D eigenvalue weighted by atomic mass is 16.5. The van der Waals surface area contributed by atoms with Gasteiger partial charge in [0.05, 0.1) is 7.11 Å². The summed E-state index contributed by atoms with van der Waals surface area (Å²) in [4.78, 5) is 12.9. The van der Waals surface area contributed by atoms with Crippen LogP contribution >= 0.6 is 0 Å². The van der Waals surface area contributed by atoms with Crippen LogP contribution in [0.4, 0.5) is 0 Å². The lowest BCUT2D eigenvalue weighted by molar-refractivity contribution is -0.132. The van der Waals surface area contributed by atoms with Crippen LogP contribution in [0.3, 0.4) is 0 Å². The van der Waals surface area contributed by atoms with Crippen LogP contribution in [-0.2, 0) is 11.2 Å². The molecule has 0 heterocycles. The van der Waals surface area contributed by atoms with Crippen molar-refractivity contribution in [2.45, 2.75) is 58.3 Å². The van der Waals surface area contributed by atoms with Gasteiger partial charge in [0, 0.05) is 11.3 Å². The second-order valence-electron chi connectivity index (χ2n) is 8.14. The lowest BCUT2D eigenvalue weighted by Crippen LogP contribution is -2.42. The van der Waals surface area contributed by atoms with Gasteiger partial charge in [-0.15, -0.1) is 0 Å². The van der Waals surface area contributed by atoms with Crippen LogP contribution in [0.25, 0.3) is 0 Å². The molecule has 2 fully saturated rings. The maximum absolute atomic E-state index is 12.9. The molecule has 0 spiro atoms. The van der Waals surface area contributed by atoms with Crippen molar-refractivity contribution in [3.63, 3.8) is 0 Å². The molecule has 2 heteroatoms. The number of fused-ring (bicyclic) bond motifs is 5. The van der Waals surface area contributed by atoms with Crippen LogP contribution in [0.15, 0.2) is 18.2 Å². The number of carbonyl (C=O) groups excluding carboxylic acids is 1. The molecule has 0 saturated heterocycles. The zero-order valence-corrected chi connectivity index (χ0v) is 14.6. The topological polar surface area (TPSA) is 26.3 Å². The number of carbonyl (C=O) groups is 1. The van der Waals surface area contributed by atoms with Gasteiger partial charge in [-0.1, -0.05) is 19.9 Å². The molecule has 0 radical (unpaired) electrons. The van der Waals surface area contributed by atoms with E-state index in [-0.39, 0.29) is 5.41 Å². The molecule has 0 unspecified atom stereocenters. The smallest absolute Gasteiger partial charge is 0.142 e. The maximum atomic E-state index is 12.9. The van der Waals surface area contributed by atoms with Crippen molar-refractivity contribution in [1.82, 2.24) is 0 Å². The summed E-state index contributed by atoms with van der Waals surface area (Å²) < 4.78 is 5.40. The Morgan fingerprint density at radius 3 is 2.87 bits per heavy atom. The van der Waals surface area contributed by atoms with Crippen LogP contribution in [0.2, 0.25) is 0 Å². The predicted octanol–water partition coefficient (Wildman–Crippen LogP) is 4.76. The number of aryl methyl sites for hydroxylation is 1. The van der Waals surface area contributed by atoms with Crippen molar-refractivity contribution in [2.75, 3.05) is 7.11 Å². The van der Waals surface area contributed by atoms with E-state index < -0.39 is 0 Å². The summed E-state index contributed by atoms with van der Waals surface area (Å²) in [6, 6.07) is 6.64. The van der Waals surface area contributed by atoms with Crippen molar-refractivity contribution >= 4 is 5.78 Å². The molecule has 0 aliphatic heterocycles. The van der Waals surface area contributed by atoms with E-state index in [4.69, 9.17) is 4.74 Å². The Morgan fingerprint density at radius 1 is 1.30 bits per heavy atom. The highest BCUT2D eigenvalue weighted by Crippen LogP contribution is 2.61. The first-order valence-electron chi connectivity index (χ1n) is 9.29. The molecular weight excluding hydrogens is 284 g/mol. The van der Waals surface area contributed by atoms with Gasteiger partial charge in [0.2, 0.25) is 0 Å². The number of ether oxygens (including phenoxy) is 1. The fourth-order valence-electron chi connectivity index (χ4n) is 5.98. The molecule has 1 aromatic carbocycles. The van der Waals surface area contributed by atoms with E-state index in [0.29, 0.717) is 29.5 Å². The highest BCUT2D eigenvalue weighted by Gasteiger charge is 2.57. The summed E-state index contributed by atoms with van der Waals surface area (Å²) in [6.45, 7) is 4.46. The first kappa shape index (κ1) is 15.2. The summed E-state index contributed by atoms with van der Waals surface area (Å²) in [7, 11) is 1.74. The van der Waals surface area contributed by atoms with E-state index in [9.17, 15) is 4.79 Å². The van der Waals surface area contributed by atoms with Crippen molar-refractivity contribution in [1.29, 1.82) is 0 Å². The van der Waals surface area contributed by atoms with Gasteiger partial charge >= 0.3 is 0 Å². The number of hydrogen-bond acceptors (Lipinski definition) is 2. The quantitative estimate of drug-likeness (QED) is 0.787. The Hall–Kier alpha value is -1.31. The number of Topliss-reactive ketones (excluding diaryl/α,β-unsaturated/α-hetero) is 1. The normalized spacial score (nSPS) is 38.7. The summed E-state index contributed by atoms with van der Waals surface area (Å²) in [5.41, 5.74) is 2.98. The van der Waals surface area contributed by atoms with Crippen molar-refractivity contribution < 1.29 is 9.53 Å². The molecule has 5 atom stereocenters. The van der Waals surface area contributed by atoms with Gasteiger partial charge in [-0.05, 0) is 79.5 Å². The van der Waals surface area contributed by atoms with E-state index in [1.807, 2.05) is 0 Å². The van der Waals surface area contributed by atoms with Gasteiger partial charge in [-0.2, -0.15) is 0 Å². The van der Waals surface area contributed by atoms with Gasteiger partial charge in [0.25, 0.3) is 0 Å². The molecule has 124 valence electrons. The fraction of sp³-hybridized carbons (Fsp3) is 0.667. The molecule has 1 aromatic rings. The third-order valence-corrected chi connectivity index (χ3v) is 7.29. The van der Waals surface area contributed by atoms with Crippen LogP contribution in [0, 0.1) is 23.2 Å². The van der Waals surface area contributed by atoms with Crippen molar-refractivity contribution in [3.05, 3.63) is 29.3 Å². The number of rotatable bonds is 2. The summed E-state index contributed by atoms with van der Waals surface area (Å²) in [6.07, 6.45) is 6.81. The van der Waals surface area contributed by atoms with Gasteiger partial charge in [-0.25, -0.2) is 0 Å². The van der Waals surface area contributed by atoms with E-state index >= 15 is 0 Å². The minimum atomic E-state index is -0.0359. The number of methoxy groups -OCH3 is 1. The third-order valence-electron chi connectivity index (χ3n) is 7.29. The predicted molar refractivity (Wildman–Crippen MR) is 91.8 cm³/mol. The molecule has 0 aromatic heterocycles. The lowest BCUT2D eigenvalue weighted by Gasteiger charge is -2.48. The molecule has 23 heavy (non-hydrogen) atoms. The molecule has 0 bridgehead atoms. The van der Waals surface area contributed by atoms with Crippen LogP contribution in [0.1, 0.15) is 63.0 Å². The molecule has 3 aliphatic carbocycles. The monoisotopic (exact) mass is 312 g/mol. The van der Waals surface area contributed by atoms with Crippen molar-refractivity contribution in [3.8, 4) is 5.75 Å². The van der Waals surface area contributed by atoms with Crippen molar-refractivity contribution in [2.24, 2.45) is 23.2 Å². The van der Waals surface area contributed by atoms with Gasteiger partial charge in [0.1, 0.15) is 11.5 Å². The Kier molecular flexibility index (Phi) is 3.55. The van der Waals surface area contributed by atoms with Crippen LogP contribution in [-0.4, -0.2) is 12.9 Å². The fourth-order valence-corrected chi connectivity index (χ4v) is 5.98. The number of ketones is 1. The number of benzene rings is 1. The molecule has 3 aliphatic rings. The molecule has 2 nitrogen and oxygen atoms in total. The first-order valence-corrected chi connectivity index (χ1v) is 9.29. The largest absolute Gasteiger partial charge is 0.497 e. The summed E-state index contributed by atoms with van der Waals surface area (Å²) in [5.74, 6) is 3.84. The minimum Gasteiger partial charge on any atom is -0.497 e. The van der Waals surface area contributed by atoms with E-state index in [1.165, 1.54) is 24.0 Å². The van der Waals surface area contributed by atoms with Crippen LogP contribution < -0.4 is 4.74 Å². The lowest BCUT2D eigenvalue weighted by atomic mass is 9.55. The second kappa shape index (κ2) is 5.36. The zero-order valence-electron chi connectivity index (χ0n) is 14.6. The van der Waals surface area contributed by atoms with E-state index in [2.05, 4.69) is 32.0 Å². The second-order valence-corrected chi connectivity index (χ2v) is 8.14. The average molecular weight is 312 g/mol. The summed E-state index contributed by atoms with van der Waals surface area (Å²) >= 11 is 0. The Labute approximate surface area is 139 Å². The first-order chi connectivity index (χ1) is 11.1. The molecule has 0 N–H and O–H groups in total. The highest BCUT2D eigenvalue weighted by molar-refractivity contribution is 5.89. The molecule has 0 amide bonds. The molecule has 4 rings (SSSR count). The maximum Gasteiger partial charge on any atom is 0.142 e. The standard InChI is InChI=1S/C21H28O2/c1-4-13-12-19-18-7-5-14-11-15(23-3)6-8-16(14)17(18)9-10-21(19,2)20(13)22/h6,8,11,13,17-19H,4-5,7,9-10,12H2,1-3H3/t13-,17+,18+,19-,21-/m0/s1. The third kappa shape index (κ3) is 2.10. The number of hydrogen-bond donors (Lipinski definition) is 0. The van der Waals surface area contributed by atoms with Gasteiger partial charge in [0.15, 0.2) is 0 Å². The average Bonchev–Trinajstić information content (AvgIpc) is 2.85. The minimum absolute atomic E-state index is 0.0359.